The van der Waals surface area contributed by atoms with Crippen LogP contribution in [0.3, 0.4) is 0 Å². The Kier molecular flexibility index (Phi) is 3.38. The van der Waals surface area contributed by atoms with Crippen molar-refractivity contribution < 1.29 is 14.3 Å². The van der Waals surface area contributed by atoms with Gasteiger partial charge in [-0.15, -0.1) is 0 Å². The Bertz CT molecular complexity index is 473. The molecular weight excluding hydrogens is 238 g/mol. The number of nitrogens with zero attached hydrogens (tertiary/aromatic N) is 1. The number of carbonyl (C=O) groups is 2. The molecule has 0 aliphatic carbocycles. The zero-order valence-electron chi connectivity index (χ0n) is 9.73. The number of ether oxygens (including phenoxy) is 1. The normalized spacial score (nSPS) is 13.4. The Morgan fingerprint density at radius 2 is 2.18 bits per heavy atom. The monoisotopic (exact) mass is 251 g/mol. The van der Waals surface area contributed by atoms with Crippen molar-refractivity contribution in [3.05, 3.63) is 23.8 Å². The molecule has 0 spiro atoms. The molecule has 90 valence electrons. The molecule has 0 unspecified atom stereocenters. The van der Waals surface area contributed by atoms with Gasteiger partial charge in [0.2, 0.25) is 5.91 Å². The standard InChI is InChI=1S/C12H13NO3S/c1-8(14)13-6-5-9-7-10(3-4-11(9)13)17-12(15)16-2/h3-4,7H,5-6H2,1-2H3. The molecule has 1 aliphatic heterocycles. The second-order valence-corrected chi connectivity index (χ2v) is 4.78. The van der Waals surface area contributed by atoms with Gasteiger partial charge in [0.25, 0.3) is 0 Å². The molecule has 2 rings (SSSR count). The first-order valence-electron chi connectivity index (χ1n) is 5.28. The molecule has 0 saturated carbocycles. The van der Waals surface area contributed by atoms with Crippen LogP contribution < -0.4 is 4.90 Å². The minimum Gasteiger partial charge on any atom is -0.461 e. The Hall–Kier alpha value is -1.49. The number of rotatable bonds is 1. The molecule has 1 aromatic rings. The van der Waals surface area contributed by atoms with E-state index in [1.54, 1.807) is 11.8 Å². The van der Waals surface area contributed by atoms with E-state index in [0.29, 0.717) is 0 Å². The largest absolute Gasteiger partial charge is 0.461 e. The molecule has 1 amide bonds. The summed E-state index contributed by atoms with van der Waals surface area (Å²) in [6.07, 6.45) is 0.838. The number of hydrogen-bond acceptors (Lipinski definition) is 4. The number of amides is 1. The Morgan fingerprint density at radius 3 is 2.82 bits per heavy atom. The summed E-state index contributed by atoms with van der Waals surface area (Å²) in [5, 5.41) is -0.327. The molecule has 0 radical (unpaired) electrons. The van der Waals surface area contributed by atoms with E-state index in [4.69, 9.17) is 0 Å². The van der Waals surface area contributed by atoms with Crippen LogP contribution >= 0.6 is 11.8 Å². The number of fused-ring (bicyclic) bond motifs is 1. The van der Waals surface area contributed by atoms with E-state index < -0.39 is 0 Å². The highest BCUT2D eigenvalue weighted by molar-refractivity contribution is 8.13. The lowest BCUT2D eigenvalue weighted by atomic mass is 10.2. The van der Waals surface area contributed by atoms with Crippen molar-refractivity contribution in [2.45, 2.75) is 18.2 Å². The summed E-state index contributed by atoms with van der Waals surface area (Å²) < 4.78 is 4.59. The van der Waals surface area contributed by atoms with Crippen LogP contribution in [0.4, 0.5) is 10.5 Å². The molecule has 1 heterocycles. The molecule has 0 saturated heterocycles. The minimum atomic E-state index is -0.327. The smallest absolute Gasteiger partial charge is 0.371 e. The van der Waals surface area contributed by atoms with Crippen molar-refractivity contribution in [2.75, 3.05) is 18.6 Å². The van der Waals surface area contributed by atoms with Crippen molar-refractivity contribution in [1.82, 2.24) is 0 Å². The lowest BCUT2D eigenvalue weighted by Gasteiger charge is -2.14. The highest BCUT2D eigenvalue weighted by Crippen LogP contribution is 2.32. The molecule has 4 nitrogen and oxygen atoms in total. The molecule has 0 bridgehead atoms. The van der Waals surface area contributed by atoms with Crippen LogP contribution in [0.15, 0.2) is 23.1 Å². The van der Waals surface area contributed by atoms with Gasteiger partial charge >= 0.3 is 5.30 Å². The summed E-state index contributed by atoms with van der Waals surface area (Å²) in [5.41, 5.74) is 2.06. The number of anilines is 1. The second-order valence-electron chi connectivity index (χ2n) is 3.77. The van der Waals surface area contributed by atoms with Crippen LogP contribution in [-0.2, 0) is 16.0 Å². The number of methoxy groups -OCH3 is 1. The molecule has 17 heavy (non-hydrogen) atoms. The van der Waals surface area contributed by atoms with Crippen LogP contribution in [0.2, 0.25) is 0 Å². The fourth-order valence-electron chi connectivity index (χ4n) is 1.91. The number of benzene rings is 1. The molecule has 5 heteroatoms. The quantitative estimate of drug-likeness (QED) is 0.568. The molecule has 0 atom stereocenters. The molecule has 1 aromatic carbocycles. The van der Waals surface area contributed by atoms with Gasteiger partial charge in [-0.3, -0.25) is 4.79 Å². The first kappa shape index (κ1) is 12.0. The van der Waals surface area contributed by atoms with Gasteiger partial charge in [0, 0.05) is 24.1 Å². The molecule has 0 N–H and O–H groups in total. The lowest BCUT2D eigenvalue weighted by molar-refractivity contribution is -0.116. The van der Waals surface area contributed by atoms with Crippen LogP contribution in [0.25, 0.3) is 0 Å². The summed E-state index contributed by atoms with van der Waals surface area (Å²) >= 11 is 1.05. The van der Waals surface area contributed by atoms with Gasteiger partial charge in [0.15, 0.2) is 0 Å². The highest BCUT2D eigenvalue weighted by Gasteiger charge is 2.22. The van der Waals surface area contributed by atoms with Gasteiger partial charge in [0.1, 0.15) is 0 Å². The van der Waals surface area contributed by atoms with Crippen molar-refractivity contribution in [3.8, 4) is 0 Å². The van der Waals surface area contributed by atoms with E-state index in [-0.39, 0.29) is 11.2 Å². The second kappa shape index (κ2) is 4.79. The summed E-state index contributed by atoms with van der Waals surface area (Å²) in [5.74, 6) is 0.0529. The topological polar surface area (TPSA) is 46.6 Å². The van der Waals surface area contributed by atoms with Gasteiger partial charge in [-0.2, -0.15) is 0 Å². The van der Waals surface area contributed by atoms with Crippen molar-refractivity contribution in [3.63, 3.8) is 0 Å². The summed E-state index contributed by atoms with van der Waals surface area (Å²) in [4.78, 5) is 25.1. The third-order valence-electron chi connectivity index (χ3n) is 2.69. The van der Waals surface area contributed by atoms with Crippen LogP contribution in [-0.4, -0.2) is 24.9 Å². The maximum Gasteiger partial charge on any atom is 0.371 e. The first-order chi connectivity index (χ1) is 8.11. The average Bonchev–Trinajstić information content (AvgIpc) is 2.71. The summed E-state index contributed by atoms with van der Waals surface area (Å²) in [6, 6.07) is 5.66. The lowest BCUT2D eigenvalue weighted by Crippen LogP contribution is -2.25. The van der Waals surface area contributed by atoms with Gasteiger partial charge in [0.05, 0.1) is 7.11 Å². The summed E-state index contributed by atoms with van der Waals surface area (Å²) in [6.45, 7) is 2.28. The predicted octanol–water partition coefficient (Wildman–Crippen LogP) is 2.45. The molecular formula is C12H13NO3S. The number of hydrogen-bond donors (Lipinski definition) is 0. The Labute approximate surface area is 104 Å². The zero-order valence-corrected chi connectivity index (χ0v) is 10.5. The molecule has 0 fully saturated rings. The highest BCUT2D eigenvalue weighted by atomic mass is 32.2. The average molecular weight is 251 g/mol. The Morgan fingerprint density at radius 1 is 1.41 bits per heavy atom. The van der Waals surface area contributed by atoms with E-state index in [0.717, 1.165) is 40.9 Å². The maximum absolute atomic E-state index is 11.4. The van der Waals surface area contributed by atoms with E-state index in [1.807, 2.05) is 18.2 Å². The van der Waals surface area contributed by atoms with E-state index in [9.17, 15) is 9.59 Å². The fourth-order valence-corrected chi connectivity index (χ4v) is 2.52. The minimum absolute atomic E-state index is 0.0529. The van der Waals surface area contributed by atoms with Gasteiger partial charge < -0.3 is 9.64 Å². The molecule has 1 aliphatic rings. The van der Waals surface area contributed by atoms with Crippen LogP contribution in [0.5, 0.6) is 0 Å². The Balaban J connectivity index is 2.22. The van der Waals surface area contributed by atoms with Crippen molar-refractivity contribution in [1.29, 1.82) is 0 Å². The van der Waals surface area contributed by atoms with Gasteiger partial charge in [-0.05, 0) is 41.9 Å². The van der Waals surface area contributed by atoms with E-state index >= 15 is 0 Å². The van der Waals surface area contributed by atoms with Crippen molar-refractivity contribution in [2.24, 2.45) is 0 Å². The molecule has 0 aromatic heterocycles. The van der Waals surface area contributed by atoms with Crippen LogP contribution in [0, 0.1) is 0 Å². The third kappa shape index (κ3) is 2.44. The van der Waals surface area contributed by atoms with Gasteiger partial charge in [-0.1, -0.05) is 0 Å². The number of thioether (sulfide) groups is 1. The summed E-state index contributed by atoms with van der Waals surface area (Å²) in [7, 11) is 1.36. The fraction of sp³-hybridized carbons (Fsp3) is 0.333. The van der Waals surface area contributed by atoms with E-state index in [1.165, 1.54) is 7.11 Å². The third-order valence-corrected chi connectivity index (χ3v) is 3.52. The van der Waals surface area contributed by atoms with E-state index in [2.05, 4.69) is 4.74 Å². The SMILES string of the molecule is COC(=O)Sc1ccc2c(c1)CCN2C(C)=O. The van der Waals surface area contributed by atoms with Gasteiger partial charge in [-0.25, -0.2) is 4.79 Å². The maximum atomic E-state index is 11.4. The van der Waals surface area contributed by atoms with Crippen LogP contribution in [0.1, 0.15) is 12.5 Å². The zero-order chi connectivity index (χ0) is 12.4. The van der Waals surface area contributed by atoms with Crippen molar-refractivity contribution >= 4 is 28.7 Å². The predicted molar refractivity (Wildman–Crippen MR) is 66.4 cm³/mol. The number of carbonyl (C=O) groups excluding carboxylic acids is 2. The first-order valence-corrected chi connectivity index (χ1v) is 6.10.